The van der Waals surface area contributed by atoms with Crippen molar-refractivity contribution >= 4 is 49.2 Å². The first kappa shape index (κ1) is 16.2. The number of benzene rings is 1. The van der Waals surface area contributed by atoms with Crippen LogP contribution in [0.25, 0.3) is 0 Å². The van der Waals surface area contributed by atoms with Crippen molar-refractivity contribution in [1.82, 2.24) is 0 Å². The van der Waals surface area contributed by atoms with E-state index in [-0.39, 0.29) is 21.3 Å². The summed E-state index contributed by atoms with van der Waals surface area (Å²) in [6.45, 7) is 0. The molecule has 0 heterocycles. The molecular weight excluding hydrogens is 395 g/mol. The summed E-state index contributed by atoms with van der Waals surface area (Å²) in [6.07, 6.45) is -4.95. The van der Waals surface area contributed by atoms with Gasteiger partial charge in [0.25, 0.3) is 0 Å². The standard InChI is InChI=1S/C11H8Br2F3NO2/c1-17(10(19)11(14,15)16)8-3-2-6(4-7(8)13)9(18)5-12/h2-4H,5H2,1H3. The zero-order valence-corrected chi connectivity index (χ0v) is 12.8. The van der Waals surface area contributed by atoms with Gasteiger partial charge in [-0.1, -0.05) is 15.9 Å². The monoisotopic (exact) mass is 401 g/mol. The van der Waals surface area contributed by atoms with Gasteiger partial charge in [-0.2, -0.15) is 13.2 Å². The zero-order valence-electron chi connectivity index (χ0n) is 9.59. The zero-order chi connectivity index (χ0) is 14.8. The van der Waals surface area contributed by atoms with Gasteiger partial charge in [0.05, 0.1) is 11.0 Å². The number of hydrogen-bond donors (Lipinski definition) is 0. The normalized spacial score (nSPS) is 11.3. The SMILES string of the molecule is CN(C(=O)C(F)(F)F)c1ccc(C(=O)CBr)cc1Br. The molecule has 104 valence electrons. The summed E-state index contributed by atoms with van der Waals surface area (Å²) < 4.78 is 37.2. The van der Waals surface area contributed by atoms with Gasteiger partial charge in [0, 0.05) is 17.1 Å². The number of hydrogen-bond acceptors (Lipinski definition) is 2. The Morgan fingerprint density at radius 1 is 1.32 bits per heavy atom. The van der Waals surface area contributed by atoms with Crippen LogP contribution in [0.2, 0.25) is 0 Å². The van der Waals surface area contributed by atoms with Gasteiger partial charge in [0.2, 0.25) is 0 Å². The Labute approximate surface area is 124 Å². The maximum absolute atomic E-state index is 12.3. The van der Waals surface area contributed by atoms with Gasteiger partial charge in [-0.05, 0) is 34.1 Å². The van der Waals surface area contributed by atoms with E-state index < -0.39 is 12.1 Å². The summed E-state index contributed by atoms with van der Waals surface area (Å²) in [5, 5.41) is 0.107. The Hall–Kier alpha value is -0.890. The van der Waals surface area contributed by atoms with Gasteiger partial charge < -0.3 is 4.90 Å². The summed E-state index contributed by atoms with van der Waals surface area (Å²) in [5.74, 6) is -2.19. The molecule has 1 aromatic carbocycles. The van der Waals surface area contributed by atoms with E-state index in [1.165, 1.54) is 18.2 Å². The second-order valence-electron chi connectivity index (χ2n) is 3.58. The van der Waals surface area contributed by atoms with Gasteiger partial charge >= 0.3 is 12.1 Å². The molecule has 0 saturated carbocycles. The fraction of sp³-hybridized carbons (Fsp3) is 0.273. The van der Waals surface area contributed by atoms with Crippen LogP contribution in [-0.4, -0.2) is 30.2 Å². The summed E-state index contributed by atoms with van der Waals surface area (Å²) >= 11 is 6.05. The quantitative estimate of drug-likeness (QED) is 0.572. The number of alkyl halides is 4. The number of Topliss-reactive ketones (excluding diaryl/α,β-unsaturated/α-hetero) is 1. The Morgan fingerprint density at radius 3 is 2.32 bits per heavy atom. The smallest absolute Gasteiger partial charge is 0.307 e. The van der Waals surface area contributed by atoms with E-state index in [0.29, 0.717) is 10.5 Å². The summed E-state index contributed by atoms with van der Waals surface area (Å²) in [6, 6.07) is 4.02. The number of halogens is 5. The molecule has 1 amide bonds. The molecule has 0 fully saturated rings. The Balaban J connectivity index is 3.10. The molecule has 0 saturated heterocycles. The number of amides is 1. The van der Waals surface area contributed by atoms with E-state index >= 15 is 0 Å². The number of rotatable bonds is 3. The number of anilines is 1. The predicted molar refractivity (Wildman–Crippen MR) is 71.7 cm³/mol. The lowest BCUT2D eigenvalue weighted by atomic mass is 10.1. The molecule has 3 nitrogen and oxygen atoms in total. The minimum absolute atomic E-state index is 0.0356. The molecule has 0 atom stereocenters. The molecule has 0 bridgehead atoms. The highest BCUT2D eigenvalue weighted by Gasteiger charge is 2.42. The average Bonchev–Trinajstić information content (AvgIpc) is 2.34. The van der Waals surface area contributed by atoms with Crippen molar-refractivity contribution < 1.29 is 22.8 Å². The van der Waals surface area contributed by atoms with Crippen LogP contribution in [0.15, 0.2) is 22.7 Å². The topological polar surface area (TPSA) is 37.4 Å². The lowest BCUT2D eigenvalue weighted by Gasteiger charge is -2.20. The third-order valence-corrected chi connectivity index (χ3v) is 3.44. The van der Waals surface area contributed by atoms with Crippen molar-refractivity contribution in [3.05, 3.63) is 28.2 Å². The number of ketones is 1. The van der Waals surface area contributed by atoms with Crippen molar-refractivity contribution in [2.24, 2.45) is 0 Å². The summed E-state index contributed by atoms with van der Waals surface area (Å²) in [5.41, 5.74) is 0.369. The van der Waals surface area contributed by atoms with E-state index in [1.807, 2.05) is 0 Å². The number of carbonyl (C=O) groups is 2. The maximum Gasteiger partial charge on any atom is 0.471 e. The maximum atomic E-state index is 12.3. The van der Waals surface area contributed by atoms with Gasteiger partial charge in [0.15, 0.2) is 5.78 Å². The van der Waals surface area contributed by atoms with Crippen molar-refractivity contribution in [3.63, 3.8) is 0 Å². The lowest BCUT2D eigenvalue weighted by molar-refractivity contribution is -0.170. The highest BCUT2D eigenvalue weighted by atomic mass is 79.9. The predicted octanol–water partition coefficient (Wildman–Crippen LogP) is 3.55. The van der Waals surface area contributed by atoms with Crippen LogP contribution >= 0.6 is 31.9 Å². The molecule has 0 spiro atoms. The van der Waals surface area contributed by atoms with Crippen molar-refractivity contribution in [2.75, 3.05) is 17.3 Å². The molecule has 1 aromatic rings. The van der Waals surface area contributed by atoms with Crippen LogP contribution < -0.4 is 4.90 Å². The second-order valence-corrected chi connectivity index (χ2v) is 5.00. The third kappa shape index (κ3) is 3.79. The molecule has 0 unspecified atom stereocenters. The van der Waals surface area contributed by atoms with Gasteiger partial charge in [-0.3, -0.25) is 9.59 Å². The molecular formula is C11H8Br2F3NO2. The number of nitrogens with zero attached hydrogens (tertiary/aromatic N) is 1. The molecule has 0 aliphatic rings. The van der Waals surface area contributed by atoms with Gasteiger partial charge in [0.1, 0.15) is 0 Å². The highest BCUT2D eigenvalue weighted by molar-refractivity contribution is 9.10. The second kappa shape index (κ2) is 6.04. The number of carbonyl (C=O) groups excluding carboxylic acids is 2. The van der Waals surface area contributed by atoms with E-state index in [0.717, 1.165) is 7.05 Å². The summed E-state index contributed by atoms with van der Waals surface area (Å²) in [7, 11) is 1.02. The largest absolute Gasteiger partial charge is 0.471 e. The van der Waals surface area contributed by atoms with E-state index in [1.54, 1.807) is 0 Å². The van der Waals surface area contributed by atoms with Crippen LogP contribution in [0.4, 0.5) is 18.9 Å². The molecule has 8 heteroatoms. The molecule has 0 aromatic heterocycles. The lowest BCUT2D eigenvalue weighted by Crippen LogP contribution is -2.38. The van der Waals surface area contributed by atoms with Gasteiger partial charge in [-0.25, -0.2) is 0 Å². The average molecular weight is 403 g/mol. The molecule has 0 aliphatic carbocycles. The fourth-order valence-corrected chi connectivity index (χ4v) is 2.30. The fourth-order valence-electron chi connectivity index (χ4n) is 1.33. The van der Waals surface area contributed by atoms with E-state index in [4.69, 9.17) is 0 Å². The van der Waals surface area contributed by atoms with Crippen LogP contribution in [-0.2, 0) is 4.79 Å². The Bertz CT molecular complexity index is 517. The van der Waals surface area contributed by atoms with Crippen molar-refractivity contribution in [3.8, 4) is 0 Å². The van der Waals surface area contributed by atoms with Crippen LogP contribution in [0.5, 0.6) is 0 Å². The highest BCUT2D eigenvalue weighted by Crippen LogP contribution is 2.30. The van der Waals surface area contributed by atoms with Crippen LogP contribution in [0.1, 0.15) is 10.4 Å². The van der Waals surface area contributed by atoms with Gasteiger partial charge in [-0.15, -0.1) is 0 Å². The Morgan fingerprint density at radius 2 is 1.89 bits per heavy atom. The van der Waals surface area contributed by atoms with Crippen LogP contribution in [0.3, 0.4) is 0 Å². The van der Waals surface area contributed by atoms with Crippen LogP contribution in [0, 0.1) is 0 Å². The van der Waals surface area contributed by atoms with Crippen molar-refractivity contribution in [1.29, 1.82) is 0 Å². The molecule has 1 rings (SSSR count). The Kier molecular flexibility index (Phi) is 5.14. The molecule has 0 N–H and O–H groups in total. The van der Waals surface area contributed by atoms with Crippen molar-refractivity contribution in [2.45, 2.75) is 6.18 Å². The first-order valence-corrected chi connectivity index (χ1v) is 6.83. The van der Waals surface area contributed by atoms with E-state index in [9.17, 15) is 22.8 Å². The van der Waals surface area contributed by atoms with E-state index in [2.05, 4.69) is 31.9 Å². The summed E-state index contributed by atoms with van der Waals surface area (Å²) in [4.78, 5) is 23.0. The minimum atomic E-state index is -4.95. The molecule has 0 radical (unpaired) electrons. The third-order valence-electron chi connectivity index (χ3n) is 2.30. The first-order valence-electron chi connectivity index (χ1n) is 4.92. The molecule has 0 aliphatic heterocycles. The molecule has 19 heavy (non-hydrogen) atoms. The first-order chi connectivity index (χ1) is 8.68. The minimum Gasteiger partial charge on any atom is -0.307 e.